The number of benzene rings is 1. The lowest BCUT2D eigenvalue weighted by Gasteiger charge is -2.10. The largest absolute Gasteiger partial charge is 0.455 e. The van der Waals surface area contributed by atoms with Crippen molar-refractivity contribution in [2.45, 2.75) is 33.7 Å². The van der Waals surface area contributed by atoms with E-state index in [0.29, 0.717) is 17.5 Å². The van der Waals surface area contributed by atoms with Gasteiger partial charge in [0, 0.05) is 29.4 Å². The Kier molecular flexibility index (Phi) is 6.60. The monoisotopic (exact) mass is 431 g/mol. The van der Waals surface area contributed by atoms with Crippen LogP contribution in [0.1, 0.15) is 29.9 Å². The van der Waals surface area contributed by atoms with Crippen LogP contribution < -0.4 is 4.74 Å². The van der Waals surface area contributed by atoms with Gasteiger partial charge in [0.2, 0.25) is 0 Å². The van der Waals surface area contributed by atoms with E-state index < -0.39 is 16.6 Å². The minimum Gasteiger partial charge on any atom is -0.396 e. The Balaban J connectivity index is 1.96. The number of aryl methyl sites for hydroxylation is 1. The lowest BCUT2D eigenvalue weighted by atomic mass is 9.99. The summed E-state index contributed by atoms with van der Waals surface area (Å²) in [6, 6.07) is 8.09. The first kappa shape index (κ1) is 20.9. The summed E-state index contributed by atoms with van der Waals surface area (Å²) in [5.74, 6) is 0.433. The predicted octanol–water partition coefficient (Wildman–Crippen LogP) is 4.73. The van der Waals surface area contributed by atoms with Crippen molar-refractivity contribution in [3.05, 3.63) is 59.0 Å². The van der Waals surface area contributed by atoms with E-state index >= 15 is 0 Å². The smallest absolute Gasteiger partial charge is 0.396 e. The molecule has 0 bridgehead atoms. The van der Waals surface area contributed by atoms with Gasteiger partial charge in [-0.1, -0.05) is 36.4 Å². The summed E-state index contributed by atoms with van der Waals surface area (Å²) in [6.45, 7) is 6.92. The summed E-state index contributed by atoms with van der Waals surface area (Å²) in [5, 5.41) is 0.352. The van der Waals surface area contributed by atoms with Crippen LogP contribution >= 0.6 is 11.3 Å². The molecule has 1 amide bonds. The van der Waals surface area contributed by atoms with E-state index in [2.05, 4.69) is 29.3 Å². The van der Waals surface area contributed by atoms with Gasteiger partial charge in [0.1, 0.15) is 0 Å². The number of rotatable bonds is 6. The Hall–Kier alpha value is -2.78. The number of ether oxygens (including phenoxy) is 1. The second kappa shape index (κ2) is 9.15. The summed E-state index contributed by atoms with van der Waals surface area (Å²) in [7, 11) is -2.85. The average Bonchev–Trinajstić information content (AvgIpc) is 3.24. The molecule has 0 saturated heterocycles. The normalized spacial score (nSPS) is 10.9. The van der Waals surface area contributed by atoms with Crippen LogP contribution in [-0.4, -0.2) is 24.1 Å². The van der Waals surface area contributed by atoms with E-state index in [1.54, 1.807) is 12.5 Å². The molecule has 0 aliphatic carbocycles. The lowest BCUT2D eigenvalue weighted by molar-refractivity contribution is 0.213. The maximum absolute atomic E-state index is 11.8. The van der Waals surface area contributed by atoms with Gasteiger partial charge in [-0.3, -0.25) is 0 Å². The third kappa shape index (κ3) is 5.61. The number of nitrogens with zero attached hydrogens (tertiary/aromatic N) is 3. The molecule has 9 heteroatoms. The molecule has 0 unspecified atom stereocenters. The van der Waals surface area contributed by atoms with Gasteiger partial charge in [-0.25, -0.2) is 9.78 Å². The molecule has 1 aromatic carbocycles. The van der Waals surface area contributed by atoms with Crippen molar-refractivity contribution in [2.24, 2.45) is 10.3 Å². The summed E-state index contributed by atoms with van der Waals surface area (Å²) in [4.78, 5) is 16.9. The van der Waals surface area contributed by atoms with Gasteiger partial charge in [0.25, 0.3) is 0 Å². The fourth-order valence-corrected chi connectivity index (χ4v) is 4.45. The van der Waals surface area contributed by atoms with Crippen LogP contribution in [0.15, 0.2) is 47.3 Å². The van der Waals surface area contributed by atoms with Crippen LogP contribution in [0.3, 0.4) is 0 Å². The van der Waals surface area contributed by atoms with Crippen molar-refractivity contribution in [3.8, 4) is 16.2 Å². The zero-order chi connectivity index (χ0) is 21.0. The average molecular weight is 432 g/mol. The molecule has 152 valence electrons. The van der Waals surface area contributed by atoms with Crippen LogP contribution in [-0.2, 0) is 23.5 Å². The van der Waals surface area contributed by atoms with Gasteiger partial charge < -0.3 is 9.30 Å². The Morgan fingerprint density at radius 2 is 2.07 bits per heavy atom. The molecule has 0 radical (unpaired) electrons. The van der Waals surface area contributed by atoms with Gasteiger partial charge >= 0.3 is 16.6 Å². The van der Waals surface area contributed by atoms with Gasteiger partial charge in [-0.05, 0) is 42.0 Å². The number of hydrogen-bond donors (Lipinski definition) is 0. The number of imidazole rings is 1. The molecule has 0 fully saturated rings. The second-order valence-corrected chi connectivity index (χ2v) is 8.79. The summed E-state index contributed by atoms with van der Waals surface area (Å²) in [6.07, 6.45) is 5.09. The number of carbonyl (C=O) groups excluding carboxylic acids is 1. The first-order valence-corrected chi connectivity index (χ1v) is 10.9. The maximum atomic E-state index is 11.8. The first-order chi connectivity index (χ1) is 13.8. The molecule has 29 heavy (non-hydrogen) atoms. The number of hydrogen-bond acceptors (Lipinski definition) is 6. The van der Waals surface area contributed by atoms with Crippen molar-refractivity contribution in [3.63, 3.8) is 0 Å². The third-order valence-electron chi connectivity index (χ3n) is 4.19. The van der Waals surface area contributed by atoms with Crippen LogP contribution in [0, 0.1) is 12.8 Å². The highest BCUT2D eigenvalue weighted by molar-refractivity contribution is 7.62. The fraction of sp³-hybridized carbons (Fsp3) is 0.300. The Labute approximate surface area is 174 Å². The molecule has 0 N–H and O–H groups in total. The van der Waals surface area contributed by atoms with Crippen LogP contribution in [0.4, 0.5) is 4.79 Å². The van der Waals surface area contributed by atoms with Crippen molar-refractivity contribution in [1.29, 1.82) is 0 Å². The van der Waals surface area contributed by atoms with Crippen molar-refractivity contribution >= 4 is 27.9 Å². The van der Waals surface area contributed by atoms with E-state index in [0.717, 1.165) is 33.6 Å². The summed E-state index contributed by atoms with van der Waals surface area (Å²) >= 11 is 1.34. The zero-order valence-corrected chi connectivity index (χ0v) is 18.0. The van der Waals surface area contributed by atoms with Crippen LogP contribution in [0.25, 0.3) is 11.1 Å². The predicted molar refractivity (Wildman–Crippen MR) is 112 cm³/mol. The van der Waals surface area contributed by atoms with Crippen LogP contribution in [0.2, 0.25) is 0 Å². The number of aromatic nitrogens is 2. The van der Waals surface area contributed by atoms with Gasteiger partial charge in [0.15, 0.2) is 5.06 Å². The van der Waals surface area contributed by atoms with E-state index in [1.807, 2.05) is 35.9 Å². The number of thiophene rings is 1. The van der Waals surface area contributed by atoms with E-state index in [9.17, 15) is 13.2 Å². The van der Waals surface area contributed by atoms with Crippen molar-refractivity contribution in [1.82, 2.24) is 9.55 Å². The molecule has 0 spiro atoms. The SMILES string of the molecule is Cc1cc(Cn2ccnc2)ccc1-c1cc(CC(C)C)sc1OC(=O)N=S(=O)=O. The first-order valence-electron chi connectivity index (χ1n) is 9.03. The highest BCUT2D eigenvalue weighted by atomic mass is 32.2. The molecule has 2 heterocycles. The Bertz CT molecular complexity index is 1140. The molecule has 3 rings (SSSR count). The topological polar surface area (TPSA) is 90.6 Å². The summed E-state index contributed by atoms with van der Waals surface area (Å²) in [5.41, 5.74) is 3.84. The molecule has 7 nitrogen and oxygen atoms in total. The van der Waals surface area contributed by atoms with Gasteiger partial charge in [-0.2, -0.15) is 8.42 Å². The molecular weight excluding hydrogens is 410 g/mol. The Morgan fingerprint density at radius 1 is 1.28 bits per heavy atom. The van der Waals surface area contributed by atoms with Gasteiger partial charge in [-0.15, -0.1) is 11.3 Å². The summed E-state index contributed by atoms with van der Waals surface area (Å²) < 4.78 is 31.5. The molecule has 0 aliphatic heterocycles. The van der Waals surface area contributed by atoms with Gasteiger partial charge in [0.05, 0.1) is 6.33 Å². The van der Waals surface area contributed by atoms with E-state index in [1.165, 1.54) is 11.3 Å². The lowest BCUT2D eigenvalue weighted by Crippen LogP contribution is -2.01. The second-order valence-electron chi connectivity index (χ2n) is 7.07. The molecule has 3 aromatic rings. The number of amides is 1. The molecule has 0 aliphatic rings. The molecular formula is C20H21N3O4S2. The third-order valence-corrected chi connectivity index (χ3v) is 5.53. The van der Waals surface area contributed by atoms with Crippen molar-refractivity contribution < 1.29 is 17.9 Å². The molecule has 0 saturated carbocycles. The highest BCUT2D eigenvalue weighted by Crippen LogP contribution is 2.41. The maximum Gasteiger partial charge on any atom is 0.455 e. The Morgan fingerprint density at radius 3 is 2.69 bits per heavy atom. The standard InChI is InChI=1S/C20H21N3O4S2/c1-13(2)8-16-10-18(19(28-16)27-20(24)22-29(25)26)17-5-4-15(9-14(17)3)11-23-7-6-21-12-23/h4-7,9-10,12-13H,8,11H2,1-3H3. The quantitative estimate of drug-likeness (QED) is 0.563. The minimum absolute atomic E-state index is 0.352. The molecule has 0 atom stereocenters. The number of carbonyl (C=O) groups is 1. The van der Waals surface area contributed by atoms with Crippen LogP contribution in [0.5, 0.6) is 5.06 Å². The minimum atomic E-state index is -2.85. The molecule has 2 aromatic heterocycles. The highest BCUT2D eigenvalue weighted by Gasteiger charge is 2.18. The van der Waals surface area contributed by atoms with E-state index in [4.69, 9.17) is 4.74 Å². The van der Waals surface area contributed by atoms with E-state index in [-0.39, 0.29) is 0 Å². The fourth-order valence-electron chi connectivity index (χ4n) is 3.07. The zero-order valence-electron chi connectivity index (χ0n) is 16.3. The van der Waals surface area contributed by atoms with Crippen molar-refractivity contribution in [2.75, 3.05) is 0 Å².